The van der Waals surface area contributed by atoms with E-state index in [0.717, 1.165) is 5.56 Å². The lowest BCUT2D eigenvalue weighted by molar-refractivity contribution is 0.277. The number of benzene rings is 1. The summed E-state index contributed by atoms with van der Waals surface area (Å²) in [5.74, 6) is 0. The van der Waals surface area contributed by atoms with Gasteiger partial charge in [-0.3, -0.25) is 0 Å². The fourth-order valence-corrected chi connectivity index (χ4v) is 1.77. The van der Waals surface area contributed by atoms with Crippen LogP contribution in [-0.2, 0) is 6.61 Å². The first-order valence-corrected chi connectivity index (χ1v) is 5.69. The second-order valence-electron chi connectivity index (χ2n) is 3.53. The minimum Gasteiger partial charge on any atom is -0.397 e. The number of aliphatic hydroxyl groups excluding tert-OH is 1. The third-order valence-corrected chi connectivity index (χ3v) is 3.08. The Morgan fingerprint density at radius 3 is 2.53 bits per heavy atom. The number of hydrogen-bond donors (Lipinski definition) is 2. The van der Waals surface area contributed by atoms with Crippen molar-refractivity contribution in [3.8, 4) is 11.3 Å². The van der Waals surface area contributed by atoms with Gasteiger partial charge in [-0.1, -0.05) is 29.3 Å². The Hall–Kier alpha value is -1.29. The molecule has 0 amide bonds. The van der Waals surface area contributed by atoms with Crippen LogP contribution in [0.15, 0.2) is 30.3 Å². The van der Waals surface area contributed by atoms with Gasteiger partial charge >= 0.3 is 0 Å². The van der Waals surface area contributed by atoms with E-state index in [2.05, 4.69) is 4.98 Å². The highest BCUT2D eigenvalue weighted by atomic mass is 35.5. The van der Waals surface area contributed by atoms with Crippen LogP contribution in [0, 0.1) is 0 Å². The molecule has 88 valence electrons. The molecule has 5 heteroatoms. The molecule has 0 aliphatic heterocycles. The molecule has 0 spiro atoms. The molecule has 0 aliphatic rings. The zero-order valence-electron chi connectivity index (χ0n) is 8.82. The molecule has 1 aromatic heterocycles. The van der Waals surface area contributed by atoms with Crippen LogP contribution >= 0.6 is 23.2 Å². The molecule has 0 fully saturated rings. The van der Waals surface area contributed by atoms with Crippen LogP contribution in [0.3, 0.4) is 0 Å². The molecule has 0 saturated heterocycles. The monoisotopic (exact) mass is 268 g/mol. The van der Waals surface area contributed by atoms with E-state index in [9.17, 15) is 0 Å². The second kappa shape index (κ2) is 4.92. The first-order valence-electron chi connectivity index (χ1n) is 4.93. The number of rotatable bonds is 2. The molecular formula is C12H10Cl2N2O. The van der Waals surface area contributed by atoms with E-state index in [4.69, 9.17) is 34.0 Å². The summed E-state index contributed by atoms with van der Waals surface area (Å²) in [4.78, 5) is 4.26. The fourth-order valence-electron chi connectivity index (χ4n) is 1.47. The van der Waals surface area contributed by atoms with Crippen molar-refractivity contribution in [3.05, 3.63) is 46.1 Å². The van der Waals surface area contributed by atoms with Crippen LogP contribution in [0.5, 0.6) is 0 Å². The topological polar surface area (TPSA) is 59.1 Å². The highest BCUT2D eigenvalue weighted by Crippen LogP contribution is 2.30. The summed E-state index contributed by atoms with van der Waals surface area (Å²) in [6.07, 6.45) is 0. The largest absolute Gasteiger partial charge is 0.397 e. The van der Waals surface area contributed by atoms with E-state index in [-0.39, 0.29) is 6.61 Å². The van der Waals surface area contributed by atoms with Crippen LogP contribution in [0.1, 0.15) is 5.69 Å². The molecule has 0 saturated carbocycles. The molecule has 0 aliphatic carbocycles. The van der Waals surface area contributed by atoms with Gasteiger partial charge in [0.1, 0.15) is 0 Å². The second-order valence-corrected chi connectivity index (χ2v) is 4.34. The Morgan fingerprint density at radius 1 is 1.12 bits per heavy atom. The van der Waals surface area contributed by atoms with Gasteiger partial charge < -0.3 is 10.8 Å². The summed E-state index contributed by atoms with van der Waals surface area (Å²) in [6.45, 7) is -0.130. The number of anilines is 1. The summed E-state index contributed by atoms with van der Waals surface area (Å²) >= 11 is 11.8. The van der Waals surface area contributed by atoms with E-state index >= 15 is 0 Å². The molecule has 0 radical (unpaired) electrons. The maximum Gasteiger partial charge on any atom is 0.0936 e. The van der Waals surface area contributed by atoms with Gasteiger partial charge in [0.05, 0.1) is 33.7 Å². The van der Waals surface area contributed by atoms with Crippen LogP contribution < -0.4 is 5.73 Å². The van der Waals surface area contributed by atoms with Gasteiger partial charge in [0, 0.05) is 5.56 Å². The maximum atomic E-state index is 9.05. The van der Waals surface area contributed by atoms with E-state index in [1.54, 1.807) is 30.3 Å². The van der Waals surface area contributed by atoms with Gasteiger partial charge in [0.25, 0.3) is 0 Å². The van der Waals surface area contributed by atoms with Crippen molar-refractivity contribution < 1.29 is 5.11 Å². The molecule has 0 unspecified atom stereocenters. The smallest absolute Gasteiger partial charge is 0.0936 e. The van der Waals surface area contributed by atoms with Crippen molar-refractivity contribution in [3.63, 3.8) is 0 Å². The standard InChI is InChI=1S/C12H10Cl2N2O/c13-9-3-1-7(5-10(9)14)12-11(15)4-2-8(6-17)16-12/h1-5,17H,6,15H2. The summed E-state index contributed by atoms with van der Waals surface area (Å²) in [5.41, 5.74) is 8.29. The van der Waals surface area contributed by atoms with Gasteiger partial charge in [-0.2, -0.15) is 0 Å². The van der Waals surface area contributed by atoms with Crippen molar-refractivity contribution in [1.82, 2.24) is 4.98 Å². The maximum absolute atomic E-state index is 9.05. The highest BCUT2D eigenvalue weighted by molar-refractivity contribution is 6.42. The van der Waals surface area contributed by atoms with Gasteiger partial charge in [-0.15, -0.1) is 0 Å². The predicted octanol–water partition coefficient (Wildman–Crippen LogP) is 3.13. The molecule has 3 N–H and O–H groups in total. The van der Waals surface area contributed by atoms with Gasteiger partial charge in [-0.05, 0) is 24.3 Å². The minimum atomic E-state index is -0.130. The quantitative estimate of drug-likeness (QED) is 0.880. The van der Waals surface area contributed by atoms with Crippen molar-refractivity contribution in [2.45, 2.75) is 6.61 Å². The first-order chi connectivity index (χ1) is 8.11. The Balaban J connectivity index is 2.55. The Kier molecular flexibility index (Phi) is 3.52. The molecule has 1 aromatic carbocycles. The molecule has 0 atom stereocenters. The predicted molar refractivity (Wildman–Crippen MR) is 70.0 cm³/mol. The average molecular weight is 269 g/mol. The summed E-state index contributed by atoms with van der Waals surface area (Å²) in [6, 6.07) is 8.55. The Morgan fingerprint density at radius 2 is 1.88 bits per heavy atom. The molecule has 3 nitrogen and oxygen atoms in total. The molecule has 2 rings (SSSR count). The van der Waals surface area contributed by atoms with Crippen molar-refractivity contribution >= 4 is 28.9 Å². The third-order valence-electron chi connectivity index (χ3n) is 2.34. The zero-order chi connectivity index (χ0) is 12.4. The average Bonchev–Trinajstić information content (AvgIpc) is 2.33. The third kappa shape index (κ3) is 2.52. The van der Waals surface area contributed by atoms with Gasteiger partial charge in [0.2, 0.25) is 0 Å². The lowest BCUT2D eigenvalue weighted by Crippen LogP contribution is -1.97. The van der Waals surface area contributed by atoms with E-state index < -0.39 is 0 Å². The van der Waals surface area contributed by atoms with E-state index in [1.165, 1.54) is 0 Å². The van der Waals surface area contributed by atoms with Gasteiger partial charge in [0.15, 0.2) is 0 Å². The van der Waals surface area contributed by atoms with Crippen LogP contribution in [0.4, 0.5) is 5.69 Å². The number of halogens is 2. The Labute approximate surface area is 109 Å². The lowest BCUT2D eigenvalue weighted by atomic mass is 10.1. The summed E-state index contributed by atoms with van der Waals surface area (Å²) < 4.78 is 0. The number of pyridine rings is 1. The van der Waals surface area contributed by atoms with Crippen molar-refractivity contribution in [2.75, 3.05) is 5.73 Å². The molecule has 17 heavy (non-hydrogen) atoms. The lowest BCUT2D eigenvalue weighted by Gasteiger charge is -2.07. The fraction of sp³-hybridized carbons (Fsp3) is 0.0833. The van der Waals surface area contributed by atoms with Gasteiger partial charge in [-0.25, -0.2) is 4.98 Å². The minimum absolute atomic E-state index is 0.130. The summed E-state index contributed by atoms with van der Waals surface area (Å²) in [5, 5.41) is 9.97. The van der Waals surface area contributed by atoms with Crippen LogP contribution in [-0.4, -0.2) is 10.1 Å². The molecule has 0 bridgehead atoms. The molecule has 2 aromatic rings. The highest BCUT2D eigenvalue weighted by Gasteiger charge is 2.08. The van der Waals surface area contributed by atoms with E-state index in [1.807, 2.05) is 0 Å². The van der Waals surface area contributed by atoms with Crippen molar-refractivity contribution in [1.29, 1.82) is 0 Å². The first kappa shape index (κ1) is 12.2. The number of aliphatic hydroxyl groups is 1. The SMILES string of the molecule is Nc1ccc(CO)nc1-c1ccc(Cl)c(Cl)c1. The molecular weight excluding hydrogens is 259 g/mol. The number of aromatic nitrogens is 1. The number of nitrogens with two attached hydrogens (primary N) is 1. The number of nitrogens with zero attached hydrogens (tertiary/aromatic N) is 1. The van der Waals surface area contributed by atoms with Crippen molar-refractivity contribution in [2.24, 2.45) is 0 Å². The normalized spacial score (nSPS) is 10.5. The van der Waals surface area contributed by atoms with E-state index in [0.29, 0.717) is 27.1 Å². The number of nitrogen functional groups attached to an aromatic ring is 1. The van der Waals surface area contributed by atoms with Crippen LogP contribution in [0.25, 0.3) is 11.3 Å². The van der Waals surface area contributed by atoms with Crippen LogP contribution in [0.2, 0.25) is 10.0 Å². The zero-order valence-corrected chi connectivity index (χ0v) is 10.3. The molecule has 1 heterocycles. The summed E-state index contributed by atoms with van der Waals surface area (Å²) in [7, 11) is 0. The number of hydrogen-bond acceptors (Lipinski definition) is 3. The Bertz CT molecular complexity index is 558.